The average molecular weight is 517 g/mol. The number of alkyl halides is 3. The molecule has 4 nitrogen and oxygen atoms in total. The van der Waals surface area contributed by atoms with E-state index in [2.05, 4.69) is 4.94 Å². The van der Waals surface area contributed by atoms with E-state index in [-0.39, 0.29) is 29.9 Å². The Kier molecular flexibility index (Phi) is 7.12. The summed E-state index contributed by atoms with van der Waals surface area (Å²) < 4.78 is 53.2. The van der Waals surface area contributed by atoms with Crippen LogP contribution in [-0.4, -0.2) is 35.1 Å². The van der Waals surface area contributed by atoms with E-state index in [0.717, 1.165) is 12.1 Å². The number of rotatable bonds is 5. The van der Waals surface area contributed by atoms with Crippen LogP contribution in [-0.2, 0) is 24.6 Å². The van der Waals surface area contributed by atoms with Gasteiger partial charge in [0.25, 0.3) is 5.91 Å². The van der Waals surface area contributed by atoms with Gasteiger partial charge in [-0.05, 0) is 64.6 Å². The topological polar surface area (TPSA) is 34.5 Å². The van der Waals surface area contributed by atoms with E-state index in [9.17, 15) is 22.5 Å². The lowest BCUT2D eigenvalue weighted by Crippen LogP contribution is -2.39. The Morgan fingerprint density at radius 1 is 1.12 bits per heavy atom. The number of benzene rings is 2. The number of hydrogen-bond donors (Lipinski definition) is 0. The van der Waals surface area contributed by atoms with E-state index in [1.807, 2.05) is 0 Å². The van der Waals surface area contributed by atoms with Gasteiger partial charge in [0.2, 0.25) is 0 Å². The number of aryl methyl sites for hydroxylation is 1. The highest BCUT2D eigenvalue weighted by atomic mass is 35.5. The Labute approximate surface area is 203 Å². The molecule has 0 aliphatic carbocycles. The van der Waals surface area contributed by atoms with Crippen LogP contribution in [0.25, 0.3) is 10.9 Å². The number of hydrogen-bond acceptors (Lipinski definition) is 2. The van der Waals surface area contributed by atoms with Gasteiger partial charge in [-0.25, -0.2) is 0 Å². The molecular formula is C24H22Cl2F4N2O2. The van der Waals surface area contributed by atoms with Gasteiger partial charge in [0.1, 0.15) is 0 Å². The second-order valence-electron chi connectivity index (χ2n) is 8.54. The molecule has 1 saturated heterocycles. The van der Waals surface area contributed by atoms with Crippen LogP contribution in [0.4, 0.5) is 17.7 Å². The summed E-state index contributed by atoms with van der Waals surface area (Å²) in [6, 6.07) is 8.55. The van der Waals surface area contributed by atoms with Crippen molar-refractivity contribution in [3.63, 3.8) is 0 Å². The van der Waals surface area contributed by atoms with Crippen LogP contribution < -0.4 is 0 Å². The number of likely N-dealkylation sites (tertiary alicyclic amines) is 1. The summed E-state index contributed by atoms with van der Waals surface area (Å²) in [6.45, 7) is 0.946. The highest BCUT2D eigenvalue weighted by Crippen LogP contribution is 2.35. The first kappa shape index (κ1) is 24.8. The predicted molar refractivity (Wildman–Crippen MR) is 123 cm³/mol. The summed E-state index contributed by atoms with van der Waals surface area (Å²) >= 11 is 13.0. The first-order chi connectivity index (χ1) is 16.1. The molecule has 1 amide bonds. The molecule has 1 aliphatic heterocycles. The third kappa shape index (κ3) is 4.90. The van der Waals surface area contributed by atoms with Crippen LogP contribution in [0, 0.1) is 5.92 Å². The van der Waals surface area contributed by atoms with Crippen LogP contribution in [0.5, 0.6) is 0 Å². The van der Waals surface area contributed by atoms with Crippen molar-refractivity contribution in [2.75, 3.05) is 19.7 Å². The van der Waals surface area contributed by atoms with Gasteiger partial charge in [0.05, 0.1) is 22.8 Å². The number of nitrogens with zero attached hydrogens (tertiary/aromatic N) is 2. The maximum Gasteiger partial charge on any atom is 0.416 e. The SMILES string of the molecule is Cn1c(Cc2c(Cl)ccc(C(=O)N3CCC(COF)CC3)c2Cl)cc2ccc(C(F)(F)F)cc21. The van der Waals surface area contributed by atoms with Gasteiger partial charge in [-0.1, -0.05) is 29.3 Å². The zero-order chi connectivity index (χ0) is 24.6. The van der Waals surface area contributed by atoms with Crippen molar-refractivity contribution in [2.24, 2.45) is 13.0 Å². The lowest BCUT2D eigenvalue weighted by molar-refractivity contribution is -0.148. The van der Waals surface area contributed by atoms with Crippen LogP contribution in [0.2, 0.25) is 10.0 Å². The third-order valence-electron chi connectivity index (χ3n) is 6.45. The first-order valence-electron chi connectivity index (χ1n) is 10.8. The van der Waals surface area contributed by atoms with E-state index in [0.29, 0.717) is 58.7 Å². The lowest BCUT2D eigenvalue weighted by atomic mass is 9.97. The fraction of sp³-hybridized carbons (Fsp3) is 0.375. The highest BCUT2D eigenvalue weighted by Gasteiger charge is 2.31. The average Bonchev–Trinajstić information content (AvgIpc) is 3.11. The van der Waals surface area contributed by atoms with Gasteiger partial charge >= 0.3 is 6.18 Å². The molecular weight excluding hydrogens is 495 g/mol. The Hall–Kier alpha value is -2.29. The molecule has 2 heterocycles. The summed E-state index contributed by atoms with van der Waals surface area (Å²) in [7, 11) is 1.68. The Bertz CT molecular complexity index is 1220. The van der Waals surface area contributed by atoms with Crippen molar-refractivity contribution in [1.82, 2.24) is 9.47 Å². The van der Waals surface area contributed by atoms with Gasteiger partial charge in [0, 0.05) is 42.8 Å². The molecule has 182 valence electrons. The molecule has 0 saturated carbocycles. The molecule has 0 atom stereocenters. The summed E-state index contributed by atoms with van der Waals surface area (Å²) in [5.41, 5.74) is 1.24. The number of amides is 1. The number of aromatic nitrogens is 1. The molecule has 1 aliphatic rings. The standard InChI is InChI=1S/C24H22Cl2F4N2O2/c1-31-17(10-15-2-3-16(11-21(15)31)24(27,28)29)12-19-20(25)5-4-18(22(19)26)23(33)32-8-6-14(7-9-32)13-34-30/h2-5,10-11,14H,6-9,12-13H2,1H3. The van der Waals surface area contributed by atoms with E-state index in [1.54, 1.807) is 34.7 Å². The van der Waals surface area contributed by atoms with Crippen molar-refractivity contribution >= 4 is 40.0 Å². The molecule has 0 N–H and O–H groups in total. The van der Waals surface area contributed by atoms with Crippen LogP contribution in [0.3, 0.4) is 0 Å². The van der Waals surface area contributed by atoms with E-state index >= 15 is 0 Å². The van der Waals surface area contributed by atoms with Gasteiger partial charge in [0.15, 0.2) is 0 Å². The van der Waals surface area contributed by atoms with E-state index in [4.69, 9.17) is 23.2 Å². The minimum absolute atomic E-state index is 0.0172. The number of carbonyl (C=O) groups is 1. The number of piperidine rings is 1. The minimum atomic E-state index is -4.44. The van der Waals surface area contributed by atoms with Crippen molar-refractivity contribution in [2.45, 2.75) is 25.4 Å². The number of halogens is 6. The van der Waals surface area contributed by atoms with Crippen molar-refractivity contribution < 1.29 is 27.4 Å². The predicted octanol–water partition coefficient (Wildman–Crippen LogP) is 6.85. The van der Waals surface area contributed by atoms with Crippen molar-refractivity contribution in [1.29, 1.82) is 0 Å². The zero-order valence-corrected chi connectivity index (χ0v) is 19.8. The summed E-state index contributed by atoms with van der Waals surface area (Å²) in [5, 5.41) is 1.24. The summed E-state index contributed by atoms with van der Waals surface area (Å²) in [5.74, 6) is -0.177. The van der Waals surface area contributed by atoms with E-state index in [1.165, 1.54) is 6.07 Å². The van der Waals surface area contributed by atoms with Crippen LogP contribution >= 0.6 is 23.2 Å². The molecule has 4 rings (SSSR count). The van der Waals surface area contributed by atoms with Crippen molar-refractivity contribution in [3.8, 4) is 0 Å². The molecule has 3 aromatic rings. The van der Waals surface area contributed by atoms with Gasteiger partial charge in [-0.2, -0.15) is 18.1 Å². The normalized spacial score (nSPS) is 15.3. The maximum absolute atomic E-state index is 13.1. The Balaban J connectivity index is 1.61. The van der Waals surface area contributed by atoms with Gasteiger partial charge in [-0.3, -0.25) is 4.79 Å². The molecule has 1 aromatic heterocycles. The maximum atomic E-state index is 13.1. The second kappa shape index (κ2) is 9.76. The van der Waals surface area contributed by atoms with Crippen molar-refractivity contribution in [3.05, 3.63) is 68.8 Å². The molecule has 10 heteroatoms. The molecule has 0 unspecified atom stereocenters. The monoisotopic (exact) mass is 516 g/mol. The van der Waals surface area contributed by atoms with Crippen LogP contribution in [0.15, 0.2) is 36.4 Å². The molecule has 0 bridgehead atoms. The number of fused-ring (bicyclic) bond motifs is 1. The molecule has 1 fully saturated rings. The Morgan fingerprint density at radius 2 is 1.82 bits per heavy atom. The molecule has 0 spiro atoms. The van der Waals surface area contributed by atoms with Crippen LogP contribution in [0.1, 0.15) is 40.0 Å². The summed E-state index contributed by atoms with van der Waals surface area (Å²) in [6.07, 6.45) is -2.94. The second-order valence-corrected chi connectivity index (χ2v) is 9.33. The minimum Gasteiger partial charge on any atom is -0.347 e. The molecule has 34 heavy (non-hydrogen) atoms. The summed E-state index contributed by atoms with van der Waals surface area (Å²) in [4.78, 5) is 18.5. The number of carbonyl (C=O) groups excluding carboxylic acids is 1. The fourth-order valence-corrected chi connectivity index (χ4v) is 4.99. The zero-order valence-electron chi connectivity index (χ0n) is 18.3. The highest BCUT2D eigenvalue weighted by molar-refractivity contribution is 6.38. The van der Waals surface area contributed by atoms with Gasteiger partial charge < -0.3 is 9.47 Å². The van der Waals surface area contributed by atoms with Gasteiger partial charge in [-0.15, -0.1) is 0 Å². The van der Waals surface area contributed by atoms with E-state index < -0.39 is 11.7 Å². The molecule has 2 aromatic carbocycles. The molecule has 0 radical (unpaired) electrons. The third-order valence-corrected chi connectivity index (χ3v) is 7.23. The quantitative estimate of drug-likeness (QED) is 0.347. The lowest BCUT2D eigenvalue weighted by Gasteiger charge is -2.31. The Morgan fingerprint density at radius 3 is 2.47 bits per heavy atom. The largest absolute Gasteiger partial charge is 0.416 e. The smallest absolute Gasteiger partial charge is 0.347 e. The first-order valence-corrected chi connectivity index (χ1v) is 11.5. The fourth-order valence-electron chi connectivity index (χ4n) is 4.40.